The molecule has 5 nitrogen and oxygen atoms in total. The van der Waals surface area contributed by atoms with Crippen molar-refractivity contribution in [1.29, 1.82) is 0 Å². The van der Waals surface area contributed by atoms with Crippen LogP contribution in [-0.4, -0.2) is 25.5 Å². The number of ether oxygens (including phenoxy) is 1. The fraction of sp³-hybridized carbons (Fsp3) is 0.161. The number of hydrogen-bond acceptors (Lipinski definition) is 3. The minimum atomic E-state index is -0.361. The number of benzene rings is 4. The second-order valence-corrected chi connectivity index (χ2v) is 8.68. The number of amides is 2. The molecule has 0 aliphatic rings. The Bertz CT molecular complexity index is 1340. The largest absolute Gasteiger partial charge is 0.497 e. The molecule has 0 atom stereocenters. The van der Waals surface area contributed by atoms with Crippen LogP contribution in [0.15, 0.2) is 103 Å². The van der Waals surface area contributed by atoms with Gasteiger partial charge in [0.1, 0.15) is 11.6 Å². The molecule has 0 aromatic heterocycles. The molecule has 0 unspecified atom stereocenters. The highest BCUT2D eigenvalue weighted by Gasteiger charge is 2.19. The Morgan fingerprint density at radius 1 is 0.811 bits per heavy atom. The molecule has 37 heavy (non-hydrogen) atoms. The molecule has 0 aliphatic heterocycles. The summed E-state index contributed by atoms with van der Waals surface area (Å²) in [7, 11) is 1.55. The van der Waals surface area contributed by atoms with Crippen molar-refractivity contribution in [2.45, 2.75) is 19.4 Å². The molecule has 188 valence electrons. The van der Waals surface area contributed by atoms with Crippen LogP contribution in [0.3, 0.4) is 0 Å². The zero-order valence-corrected chi connectivity index (χ0v) is 20.7. The Morgan fingerprint density at radius 2 is 1.54 bits per heavy atom. The summed E-state index contributed by atoms with van der Waals surface area (Å²) in [5.41, 5.74) is 3.77. The SMILES string of the molecule is COc1cccc(C(=O)N(Cc2cccc(F)c2)c2ccc(CC(=O)NCCc3ccccc3)cc2)c1. The lowest BCUT2D eigenvalue weighted by atomic mass is 10.1. The van der Waals surface area contributed by atoms with Crippen molar-refractivity contribution in [3.8, 4) is 5.75 Å². The van der Waals surface area contributed by atoms with Crippen LogP contribution in [0.4, 0.5) is 10.1 Å². The summed E-state index contributed by atoms with van der Waals surface area (Å²) in [6.07, 6.45) is 1.01. The van der Waals surface area contributed by atoms with Crippen LogP contribution < -0.4 is 15.0 Å². The monoisotopic (exact) mass is 496 g/mol. The Labute approximate surface area is 216 Å². The van der Waals surface area contributed by atoms with E-state index in [1.807, 2.05) is 54.6 Å². The van der Waals surface area contributed by atoms with Gasteiger partial charge in [-0.3, -0.25) is 9.59 Å². The van der Waals surface area contributed by atoms with Crippen molar-refractivity contribution in [1.82, 2.24) is 5.32 Å². The maximum Gasteiger partial charge on any atom is 0.258 e. The van der Waals surface area contributed by atoms with Crippen molar-refractivity contribution in [2.24, 2.45) is 0 Å². The third-order valence-corrected chi connectivity index (χ3v) is 5.98. The minimum Gasteiger partial charge on any atom is -0.497 e. The Balaban J connectivity index is 1.47. The van der Waals surface area contributed by atoms with Crippen LogP contribution in [0, 0.1) is 5.82 Å². The molecule has 6 heteroatoms. The number of hydrogen-bond donors (Lipinski definition) is 1. The van der Waals surface area contributed by atoms with Gasteiger partial charge in [-0.1, -0.05) is 60.7 Å². The Kier molecular flexibility index (Phi) is 8.66. The van der Waals surface area contributed by atoms with Crippen LogP contribution in [0.2, 0.25) is 0 Å². The number of methoxy groups -OCH3 is 1. The maximum absolute atomic E-state index is 13.8. The molecule has 0 heterocycles. The third-order valence-electron chi connectivity index (χ3n) is 5.98. The molecule has 4 rings (SSSR count). The number of nitrogens with zero attached hydrogens (tertiary/aromatic N) is 1. The summed E-state index contributed by atoms with van der Waals surface area (Å²) in [6, 6.07) is 30.4. The molecular formula is C31H29FN2O3. The first-order valence-corrected chi connectivity index (χ1v) is 12.1. The minimum absolute atomic E-state index is 0.0623. The van der Waals surface area contributed by atoms with E-state index in [0.29, 0.717) is 29.1 Å². The van der Waals surface area contributed by atoms with Gasteiger partial charge in [0.05, 0.1) is 20.1 Å². The van der Waals surface area contributed by atoms with Crippen molar-refractivity contribution < 1.29 is 18.7 Å². The van der Waals surface area contributed by atoms with E-state index in [9.17, 15) is 14.0 Å². The van der Waals surface area contributed by atoms with Gasteiger partial charge in [0.25, 0.3) is 5.91 Å². The smallest absolute Gasteiger partial charge is 0.258 e. The van der Waals surface area contributed by atoms with Gasteiger partial charge < -0.3 is 15.0 Å². The summed E-state index contributed by atoms with van der Waals surface area (Å²) in [6.45, 7) is 0.754. The molecule has 2 amide bonds. The molecule has 4 aromatic carbocycles. The zero-order chi connectivity index (χ0) is 26.0. The van der Waals surface area contributed by atoms with Crippen LogP contribution in [-0.2, 0) is 24.2 Å². The quantitative estimate of drug-likeness (QED) is 0.312. The van der Waals surface area contributed by atoms with E-state index in [2.05, 4.69) is 5.32 Å². The fourth-order valence-electron chi connectivity index (χ4n) is 4.04. The van der Waals surface area contributed by atoms with Gasteiger partial charge in [-0.15, -0.1) is 0 Å². The average Bonchev–Trinajstić information content (AvgIpc) is 2.92. The van der Waals surface area contributed by atoms with Gasteiger partial charge in [-0.2, -0.15) is 0 Å². The van der Waals surface area contributed by atoms with E-state index in [0.717, 1.165) is 12.0 Å². The topological polar surface area (TPSA) is 58.6 Å². The highest BCUT2D eigenvalue weighted by molar-refractivity contribution is 6.06. The molecule has 0 saturated heterocycles. The molecule has 0 radical (unpaired) electrons. The molecule has 1 N–H and O–H groups in total. The number of anilines is 1. The third kappa shape index (κ3) is 7.27. The van der Waals surface area contributed by atoms with Crippen molar-refractivity contribution in [3.63, 3.8) is 0 Å². The molecule has 0 spiro atoms. The summed E-state index contributed by atoms with van der Waals surface area (Å²) in [5, 5.41) is 2.95. The van der Waals surface area contributed by atoms with E-state index in [4.69, 9.17) is 4.74 Å². The van der Waals surface area contributed by atoms with E-state index >= 15 is 0 Å². The van der Waals surface area contributed by atoms with Crippen molar-refractivity contribution in [2.75, 3.05) is 18.6 Å². The first-order valence-electron chi connectivity index (χ1n) is 12.1. The van der Waals surface area contributed by atoms with Gasteiger partial charge in [0.2, 0.25) is 5.91 Å². The molecular weight excluding hydrogens is 467 g/mol. The summed E-state index contributed by atoms with van der Waals surface area (Å²) >= 11 is 0. The number of carbonyl (C=O) groups excluding carboxylic acids is 2. The van der Waals surface area contributed by atoms with Crippen LogP contribution in [0.25, 0.3) is 0 Å². The lowest BCUT2D eigenvalue weighted by molar-refractivity contribution is -0.120. The maximum atomic E-state index is 13.8. The zero-order valence-electron chi connectivity index (χ0n) is 20.7. The Hall–Kier alpha value is -4.45. The average molecular weight is 497 g/mol. The van der Waals surface area contributed by atoms with Gasteiger partial charge in [0, 0.05) is 17.8 Å². The van der Waals surface area contributed by atoms with Gasteiger partial charge in [-0.05, 0) is 65.6 Å². The second-order valence-electron chi connectivity index (χ2n) is 8.68. The first-order chi connectivity index (χ1) is 18.0. The van der Waals surface area contributed by atoms with E-state index in [1.54, 1.807) is 48.4 Å². The van der Waals surface area contributed by atoms with E-state index < -0.39 is 0 Å². The van der Waals surface area contributed by atoms with Crippen LogP contribution in [0.5, 0.6) is 5.75 Å². The normalized spacial score (nSPS) is 10.5. The standard InChI is InChI=1S/C31H29FN2O3/c1-37-29-12-6-10-26(21-29)31(36)34(22-25-9-5-11-27(32)19-25)28-15-13-24(14-16-28)20-30(35)33-18-17-23-7-3-2-4-8-23/h2-16,19,21H,17-18,20,22H2,1H3,(H,33,35). The molecule has 0 saturated carbocycles. The van der Waals surface area contributed by atoms with Gasteiger partial charge >= 0.3 is 0 Å². The summed E-state index contributed by atoms with van der Waals surface area (Å²) in [4.78, 5) is 27.5. The first kappa shape index (κ1) is 25.6. The molecule has 4 aromatic rings. The molecule has 0 aliphatic carbocycles. The van der Waals surface area contributed by atoms with Crippen LogP contribution >= 0.6 is 0 Å². The molecule has 0 bridgehead atoms. The van der Waals surface area contributed by atoms with Crippen molar-refractivity contribution in [3.05, 3.63) is 131 Å². The van der Waals surface area contributed by atoms with Gasteiger partial charge in [-0.25, -0.2) is 4.39 Å². The predicted octanol–water partition coefficient (Wildman–Crippen LogP) is 5.58. The van der Waals surface area contributed by atoms with E-state index in [1.165, 1.54) is 17.7 Å². The van der Waals surface area contributed by atoms with E-state index in [-0.39, 0.29) is 30.6 Å². The lowest BCUT2D eigenvalue weighted by Gasteiger charge is -2.24. The lowest BCUT2D eigenvalue weighted by Crippen LogP contribution is -2.30. The Morgan fingerprint density at radius 3 is 2.27 bits per heavy atom. The summed E-state index contributed by atoms with van der Waals surface area (Å²) in [5.74, 6) is -0.0904. The number of carbonyl (C=O) groups is 2. The molecule has 0 fully saturated rings. The number of halogens is 1. The summed E-state index contributed by atoms with van der Waals surface area (Å²) < 4.78 is 19.1. The highest BCUT2D eigenvalue weighted by atomic mass is 19.1. The number of rotatable bonds is 10. The highest BCUT2D eigenvalue weighted by Crippen LogP contribution is 2.23. The fourth-order valence-corrected chi connectivity index (χ4v) is 4.04. The number of nitrogens with one attached hydrogen (secondary N) is 1. The second kappa shape index (κ2) is 12.5. The predicted molar refractivity (Wildman–Crippen MR) is 143 cm³/mol. The van der Waals surface area contributed by atoms with Crippen LogP contribution in [0.1, 0.15) is 27.0 Å². The van der Waals surface area contributed by atoms with Gasteiger partial charge in [0.15, 0.2) is 0 Å². The van der Waals surface area contributed by atoms with Crippen molar-refractivity contribution >= 4 is 17.5 Å².